The number of nitrogens with one attached hydrogen (secondary N) is 1. The van der Waals surface area contributed by atoms with Crippen molar-refractivity contribution >= 4 is 34.9 Å². The van der Waals surface area contributed by atoms with Crippen LogP contribution in [0.15, 0.2) is 35.5 Å². The van der Waals surface area contributed by atoms with Gasteiger partial charge in [0.15, 0.2) is 10.9 Å². The van der Waals surface area contributed by atoms with E-state index >= 15 is 0 Å². The molecule has 2 aromatic heterocycles. The number of amides is 1. The van der Waals surface area contributed by atoms with Crippen molar-refractivity contribution in [2.24, 2.45) is 0 Å². The molecule has 27 heavy (non-hydrogen) atoms. The highest BCUT2D eigenvalue weighted by Crippen LogP contribution is 2.20. The molecule has 0 bridgehead atoms. The second-order valence-corrected chi connectivity index (χ2v) is 7.19. The third kappa shape index (κ3) is 4.51. The first-order valence-electron chi connectivity index (χ1n) is 8.73. The monoisotopic (exact) mass is 383 g/mol. The minimum Gasteiger partial charge on any atom is -0.326 e. The van der Waals surface area contributed by atoms with Gasteiger partial charge in [-0.25, -0.2) is 4.98 Å². The molecule has 1 aromatic carbocycles. The maximum Gasteiger partial charge on any atom is 0.256 e. The summed E-state index contributed by atoms with van der Waals surface area (Å²) in [6.07, 6.45) is 1.28. The summed E-state index contributed by atoms with van der Waals surface area (Å²) in [5, 5.41) is 11.7. The number of Topliss-reactive ketones (excluding diaryl/α,β-unsaturated/α-hetero) is 1. The van der Waals surface area contributed by atoms with Crippen LogP contribution in [-0.4, -0.2) is 37.0 Å². The van der Waals surface area contributed by atoms with Crippen LogP contribution >= 0.6 is 11.8 Å². The number of aromatic nitrogens is 4. The number of carbonyl (C=O) groups excluding carboxylic acids is 2. The lowest BCUT2D eigenvalue weighted by Crippen LogP contribution is -2.11. The molecule has 8 heteroatoms. The van der Waals surface area contributed by atoms with E-state index < -0.39 is 0 Å². The zero-order chi connectivity index (χ0) is 19.4. The van der Waals surface area contributed by atoms with Gasteiger partial charge in [-0.1, -0.05) is 18.7 Å². The Hall–Kier alpha value is -2.74. The van der Waals surface area contributed by atoms with Crippen molar-refractivity contribution < 1.29 is 9.59 Å². The van der Waals surface area contributed by atoms with Crippen LogP contribution in [0.25, 0.3) is 5.78 Å². The molecule has 140 valence electrons. The van der Waals surface area contributed by atoms with Crippen LogP contribution in [0.3, 0.4) is 0 Å². The third-order valence-corrected chi connectivity index (χ3v) is 4.89. The molecule has 2 heterocycles. The molecule has 1 N–H and O–H groups in total. The largest absolute Gasteiger partial charge is 0.326 e. The number of aryl methyl sites for hydroxylation is 2. The molecule has 7 nitrogen and oxygen atoms in total. The maximum absolute atomic E-state index is 12.5. The predicted octanol–water partition coefficient (Wildman–Crippen LogP) is 3.45. The number of hydrogen-bond acceptors (Lipinski definition) is 6. The van der Waals surface area contributed by atoms with Gasteiger partial charge in [0.1, 0.15) is 0 Å². The molecule has 0 aliphatic carbocycles. The van der Waals surface area contributed by atoms with Crippen molar-refractivity contribution in [3.05, 3.63) is 47.3 Å². The Morgan fingerprint density at radius 2 is 1.89 bits per heavy atom. The molecule has 1 amide bonds. The van der Waals surface area contributed by atoms with Gasteiger partial charge in [0.05, 0.1) is 5.75 Å². The first kappa shape index (κ1) is 19.0. The highest BCUT2D eigenvalue weighted by atomic mass is 32.2. The van der Waals surface area contributed by atoms with Gasteiger partial charge >= 0.3 is 0 Å². The van der Waals surface area contributed by atoms with E-state index in [0.29, 0.717) is 28.6 Å². The summed E-state index contributed by atoms with van der Waals surface area (Å²) in [7, 11) is 0. The number of carbonyl (C=O) groups is 2. The number of hydrogen-bond donors (Lipinski definition) is 1. The number of benzene rings is 1. The Morgan fingerprint density at radius 1 is 1.15 bits per heavy atom. The van der Waals surface area contributed by atoms with E-state index in [1.54, 1.807) is 24.3 Å². The third-order valence-electron chi connectivity index (χ3n) is 3.96. The van der Waals surface area contributed by atoms with E-state index in [4.69, 9.17) is 0 Å². The van der Waals surface area contributed by atoms with E-state index in [1.807, 2.05) is 31.2 Å². The Bertz CT molecular complexity index is 982. The van der Waals surface area contributed by atoms with Crippen LogP contribution in [0.1, 0.15) is 41.5 Å². The minimum absolute atomic E-state index is 0.0130. The minimum atomic E-state index is -0.0231. The van der Waals surface area contributed by atoms with Crippen molar-refractivity contribution in [3.63, 3.8) is 0 Å². The molecule has 0 radical (unpaired) electrons. The molecule has 0 fully saturated rings. The average Bonchev–Trinajstić information content (AvgIpc) is 3.03. The quantitative estimate of drug-likeness (QED) is 0.496. The van der Waals surface area contributed by atoms with E-state index in [-0.39, 0.29) is 17.4 Å². The number of rotatable bonds is 7. The van der Waals surface area contributed by atoms with Crippen LogP contribution in [0, 0.1) is 13.8 Å². The molecule has 0 saturated heterocycles. The molecule has 0 atom stereocenters. The topological polar surface area (TPSA) is 89.2 Å². The van der Waals surface area contributed by atoms with Gasteiger partial charge in [0.25, 0.3) is 5.78 Å². The molecule has 0 unspecified atom stereocenters. The second-order valence-electron chi connectivity index (χ2n) is 6.24. The van der Waals surface area contributed by atoms with Gasteiger partial charge in [-0.05, 0) is 50.6 Å². The summed E-state index contributed by atoms with van der Waals surface area (Å²) in [5.74, 6) is 0.746. The van der Waals surface area contributed by atoms with Crippen molar-refractivity contribution in [1.29, 1.82) is 0 Å². The van der Waals surface area contributed by atoms with Crippen LogP contribution in [0.2, 0.25) is 0 Å². The summed E-state index contributed by atoms with van der Waals surface area (Å²) >= 11 is 1.33. The van der Waals surface area contributed by atoms with Crippen molar-refractivity contribution in [2.75, 3.05) is 11.1 Å². The molecule has 3 aromatic rings. The molecular formula is C19H21N5O2S. The Balaban J connectivity index is 1.65. The van der Waals surface area contributed by atoms with E-state index in [0.717, 1.165) is 17.8 Å². The molecule has 0 saturated carbocycles. The SMILES string of the molecule is CCCC(=O)Nc1ccc(C(=O)CSc2nnc3nc(C)cc(C)n23)cc1. The van der Waals surface area contributed by atoms with E-state index in [1.165, 1.54) is 11.8 Å². The average molecular weight is 383 g/mol. The lowest BCUT2D eigenvalue weighted by Gasteiger charge is -2.06. The summed E-state index contributed by atoms with van der Waals surface area (Å²) in [4.78, 5) is 28.4. The molecule has 0 aliphatic heterocycles. The smallest absolute Gasteiger partial charge is 0.256 e. The number of fused-ring (bicyclic) bond motifs is 1. The maximum atomic E-state index is 12.5. The Labute approximate surface area is 161 Å². The Morgan fingerprint density at radius 3 is 2.59 bits per heavy atom. The highest BCUT2D eigenvalue weighted by molar-refractivity contribution is 7.99. The summed E-state index contributed by atoms with van der Waals surface area (Å²) in [6.45, 7) is 5.82. The summed E-state index contributed by atoms with van der Waals surface area (Å²) in [5.41, 5.74) is 3.14. The molecular weight excluding hydrogens is 362 g/mol. The van der Waals surface area contributed by atoms with Crippen molar-refractivity contribution in [3.8, 4) is 0 Å². The molecule has 0 spiro atoms. The summed E-state index contributed by atoms with van der Waals surface area (Å²) < 4.78 is 1.84. The van der Waals surface area contributed by atoms with Gasteiger partial charge in [-0.15, -0.1) is 10.2 Å². The number of anilines is 1. The number of nitrogens with zero attached hydrogens (tertiary/aromatic N) is 4. The molecule has 3 rings (SSSR count). The lowest BCUT2D eigenvalue weighted by atomic mass is 10.1. The predicted molar refractivity (Wildman–Crippen MR) is 105 cm³/mol. The van der Waals surface area contributed by atoms with Gasteiger partial charge in [-0.3, -0.25) is 14.0 Å². The highest BCUT2D eigenvalue weighted by Gasteiger charge is 2.13. The number of ketones is 1. The standard InChI is InChI=1S/C19H21N5O2S/c1-4-5-17(26)21-15-8-6-14(7-9-15)16(25)11-27-19-23-22-18-20-12(2)10-13(3)24(18)19/h6-10H,4-5,11H2,1-3H3,(H,21,26). The zero-order valence-corrected chi connectivity index (χ0v) is 16.3. The van der Waals surface area contributed by atoms with Gasteiger partial charge in [0, 0.05) is 29.1 Å². The fraction of sp³-hybridized carbons (Fsp3) is 0.316. The number of thioether (sulfide) groups is 1. The van der Waals surface area contributed by atoms with Crippen molar-refractivity contribution in [2.45, 2.75) is 38.8 Å². The zero-order valence-electron chi connectivity index (χ0n) is 15.5. The van der Waals surface area contributed by atoms with Gasteiger partial charge < -0.3 is 5.32 Å². The van der Waals surface area contributed by atoms with E-state index in [9.17, 15) is 9.59 Å². The second kappa shape index (κ2) is 8.30. The van der Waals surface area contributed by atoms with Gasteiger partial charge in [0.2, 0.25) is 5.91 Å². The summed E-state index contributed by atoms with van der Waals surface area (Å²) in [6, 6.07) is 8.89. The van der Waals surface area contributed by atoms with Crippen LogP contribution in [0.5, 0.6) is 0 Å². The lowest BCUT2D eigenvalue weighted by molar-refractivity contribution is -0.116. The van der Waals surface area contributed by atoms with Crippen LogP contribution < -0.4 is 5.32 Å². The van der Waals surface area contributed by atoms with Gasteiger partial charge in [-0.2, -0.15) is 0 Å². The van der Waals surface area contributed by atoms with Crippen LogP contribution in [0.4, 0.5) is 5.69 Å². The fourth-order valence-electron chi connectivity index (χ4n) is 2.70. The Kier molecular flexibility index (Phi) is 5.85. The first-order valence-corrected chi connectivity index (χ1v) is 9.71. The van der Waals surface area contributed by atoms with Crippen molar-refractivity contribution in [1.82, 2.24) is 19.6 Å². The first-order chi connectivity index (χ1) is 13.0. The normalized spacial score (nSPS) is 10.9. The van der Waals surface area contributed by atoms with E-state index in [2.05, 4.69) is 20.5 Å². The molecule has 0 aliphatic rings. The van der Waals surface area contributed by atoms with Crippen LogP contribution in [-0.2, 0) is 4.79 Å². The fourth-order valence-corrected chi connectivity index (χ4v) is 3.58.